The highest BCUT2D eigenvalue weighted by molar-refractivity contribution is 6.43. The number of anilines is 3. The Bertz CT molecular complexity index is 992. The van der Waals surface area contributed by atoms with Gasteiger partial charge in [0.2, 0.25) is 0 Å². The van der Waals surface area contributed by atoms with Crippen molar-refractivity contribution < 1.29 is 9.59 Å². The van der Waals surface area contributed by atoms with E-state index in [0.29, 0.717) is 11.4 Å². The van der Waals surface area contributed by atoms with E-state index in [1.54, 1.807) is 6.07 Å². The standard InChI is InChI=1S/C23H23N3O2/c27-22(23(28)25-20-9-8-17-6-2-3-7-18(17)16-20)24-19-10-12-21(13-11-19)26-14-4-1-5-15-26/h2-3,6-13,16H,1,4-5,14-15H2,(H,24,27)(H,25,28). The van der Waals surface area contributed by atoms with E-state index in [2.05, 4.69) is 15.5 Å². The average molecular weight is 373 g/mol. The quantitative estimate of drug-likeness (QED) is 0.669. The molecule has 1 saturated heterocycles. The minimum Gasteiger partial charge on any atom is -0.372 e. The highest BCUT2D eigenvalue weighted by Gasteiger charge is 2.15. The first-order chi connectivity index (χ1) is 13.7. The molecule has 0 aliphatic carbocycles. The molecular formula is C23H23N3O2. The van der Waals surface area contributed by atoms with Gasteiger partial charge in [0.25, 0.3) is 0 Å². The summed E-state index contributed by atoms with van der Waals surface area (Å²) in [6, 6.07) is 21.1. The monoisotopic (exact) mass is 373 g/mol. The van der Waals surface area contributed by atoms with Crippen LogP contribution in [-0.2, 0) is 9.59 Å². The maximum absolute atomic E-state index is 12.2. The molecule has 1 heterocycles. The third kappa shape index (κ3) is 4.14. The molecule has 5 heteroatoms. The molecule has 142 valence electrons. The van der Waals surface area contributed by atoms with Crippen molar-refractivity contribution in [2.24, 2.45) is 0 Å². The van der Waals surface area contributed by atoms with Gasteiger partial charge in [0.05, 0.1) is 0 Å². The van der Waals surface area contributed by atoms with Gasteiger partial charge in [-0.2, -0.15) is 0 Å². The second-order valence-corrected chi connectivity index (χ2v) is 7.06. The van der Waals surface area contributed by atoms with Crippen molar-refractivity contribution in [3.05, 3.63) is 66.7 Å². The van der Waals surface area contributed by atoms with Crippen LogP contribution in [-0.4, -0.2) is 24.9 Å². The number of nitrogens with zero attached hydrogens (tertiary/aromatic N) is 1. The summed E-state index contributed by atoms with van der Waals surface area (Å²) in [6.07, 6.45) is 3.72. The Morgan fingerprint density at radius 3 is 2.00 bits per heavy atom. The lowest BCUT2D eigenvalue weighted by atomic mass is 10.1. The zero-order chi connectivity index (χ0) is 19.3. The van der Waals surface area contributed by atoms with Crippen LogP contribution in [0.15, 0.2) is 66.7 Å². The van der Waals surface area contributed by atoms with Crippen molar-refractivity contribution in [3.63, 3.8) is 0 Å². The first-order valence-electron chi connectivity index (χ1n) is 9.65. The Kier molecular flexibility index (Phi) is 5.24. The predicted octanol–water partition coefficient (Wildman–Crippen LogP) is 4.41. The summed E-state index contributed by atoms with van der Waals surface area (Å²) < 4.78 is 0. The Morgan fingerprint density at radius 1 is 0.679 bits per heavy atom. The number of carbonyl (C=O) groups excluding carboxylic acids is 2. The summed E-state index contributed by atoms with van der Waals surface area (Å²) in [5.41, 5.74) is 2.36. The Morgan fingerprint density at radius 2 is 1.29 bits per heavy atom. The van der Waals surface area contributed by atoms with Gasteiger partial charge in [-0.25, -0.2) is 0 Å². The minimum atomic E-state index is -0.685. The lowest BCUT2D eigenvalue weighted by Crippen LogP contribution is -2.30. The highest BCUT2D eigenvalue weighted by Crippen LogP contribution is 2.22. The molecular weight excluding hydrogens is 350 g/mol. The molecule has 1 aliphatic heterocycles. The second-order valence-electron chi connectivity index (χ2n) is 7.06. The second kappa shape index (κ2) is 8.13. The van der Waals surface area contributed by atoms with Gasteiger partial charge in [0, 0.05) is 30.2 Å². The van der Waals surface area contributed by atoms with E-state index >= 15 is 0 Å². The molecule has 0 saturated carbocycles. The fourth-order valence-corrected chi connectivity index (χ4v) is 3.55. The maximum Gasteiger partial charge on any atom is 0.314 e. The van der Waals surface area contributed by atoms with Crippen LogP contribution in [0.1, 0.15) is 19.3 Å². The predicted molar refractivity (Wildman–Crippen MR) is 114 cm³/mol. The number of hydrogen-bond donors (Lipinski definition) is 2. The molecule has 2 amide bonds. The topological polar surface area (TPSA) is 61.4 Å². The third-order valence-electron chi connectivity index (χ3n) is 5.06. The number of carbonyl (C=O) groups is 2. The Balaban J connectivity index is 1.37. The molecule has 0 spiro atoms. The molecule has 5 nitrogen and oxygen atoms in total. The van der Waals surface area contributed by atoms with Crippen LogP contribution in [0.5, 0.6) is 0 Å². The molecule has 3 aromatic carbocycles. The van der Waals surface area contributed by atoms with Crippen LogP contribution < -0.4 is 15.5 Å². The van der Waals surface area contributed by atoms with E-state index in [0.717, 1.165) is 29.5 Å². The highest BCUT2D eigenvalue weighted by atomic mass is 16.2. The molecule has 0 unspecified atom stereocenters. The van der Waals surface area contributed by atoms with Crippen molar-refractivity contribution in [3.8, 4) is 0 Å². The van der Waals surface area contributed by atoms with E-state index in [4.69, 9.17) is 0 Å². The van der Waals surface area contributed by atoms with Crippen LogP contribution in [0.4, 0.5) is 17.1 Å². The largest absolute Gasteiger partial charge is 0.372 e. The number of benzene rings is 3. The van der Waals surface area contributed by atoms with Gasteiger partial charge in [-0.3, -0.25) is 9.59 Å². The van der Waals surface area contributed by atoms with E-state index in [1.165, 1.54) is 19.3 Å². The summed E-state index contributed by atoms with van der Waals surface area (Å²) in [5, 5.41) is 7.41. The maximum atomic E-state index is 12.2. The molecule has 0 bridgehead atoms. The zero-order valence-corrected chi connectivity index (χ0v) is 15.7. The van der Waals surface area contributed by atoms with Crippen LogP contribution in [0.2, 0.25) is 0 Å². The van der Waals surface area contributed by atoms with Crippen LogP contribution in [0.25, 0.3) is 10.8 Å². The van der Waals surface area contributed by atoms with Gasteiger partial charge in [0.1, 0.15) is 0 Å². The van der Waals surface area contributed by atoms with Crippen molar-refractivity contribution in [2.45, 2.75) is 19.3 Å². The summed E-state index contributed by atoms with van der Waals surface area (Å²) >= 11 is 0. The van der Waals surface area contributed by atoms with Crippen molar-refractivity contribution in [2.75, 3.05) is 28.6 Å². The molecule has 28 heavy (non-hydrogen) atoms. The summed E-state index contributed by atoms with van der Waals surface area (Å²) in [6.45, 7) is 2.14. The van der Waals surface area contributed by atoms with Crippen molar-refractivity contribution >= 4 is 39.6 Å². The number of fused-ring (bicyclic) bond motifs is 1. The van der Waals surface area contributed by atoms with E-state index in [9.17, 15) is 9.59 Å². The van der Waals surface area contributed by atoms with Gasteiger partial charge in [0.15, 0.2) is 0 Å². The third-order valence-corrected chi connectivity index (χ3v) is 5.06. The molecule has 2 N–H and O–H groups in total. The van der Waals surface area contributed by atoms with Gasteiger partial charge in [-0.1, -0.05) is 30.3 Å². The van der Waals surface area contributed by atoms with Gasteiger partial charge in [-0.15, -0.1) is 0 Å². The minimum absolute atomic E-state index is 0.597. The first-order valence-corrected chi connectivity index (χ1v) is 9.65. The van der Waals surface area contributed by atoms with Crippen LogP contribution >= 0.6 is 0 Å². The van der Waals surface area contributed by atoms with E-state index < -0.39 is 11.8 Å². The van der Waals surface area contributed by atoms with Gasteiger partial charge >= 0.3 is 11.8 Å². The Hall–Kier alpha value is -3.34. The molecule has 0 aromatic heterocycles. The van der Waals surface area contributed by atoms with Crippen LogP contribution in [0.3, 0.4) is 0 Å². The molecule has 0 radical (unpaired) electrons. The lowest BCUT2D eigenvalue weighted by molar-refractivity contribution is -0.132. The summed E-state index contributed by atoms with van der Waals surface area (Å²) in [5.74, 6) is -1.37. The molecule has 1 fully saturated rings. The number of piperidine rings is 1. The number of amides is 2. The molecule has 0 atom stereocenters. The van der Waals surface area contributed by atoms with Gasteiger partial charge < -0.3 is 15.5 Å². The van der Waals surface area contributed by atoms with E-state index in [1.807, 2.05) is 60.7 Å². The average Bonchev–Trinajstić information content (AvgIpc) is 2.75. The number of rotatable bonds is 3. The van der Waals surface area contributed by atoms with Crippen molar-refractivity contribution in [1.29, 1.82) is 0 Å². The summed E-state index contributed by atoms with van der Waals surface area (Å²) in [4.78, 5) is 26.8. The SMILES string of the molecule is O=C(Nc1ccc(N2CCCCC2)cc1)C(=O)Nc1ccc2ccccc2c1. The first kappa shape index (κ1) is 18.0. The number of hydrogen-bond acceptors (Lipinski definition) is 3. The fraction of sp³-hybridized carbons (Fsp3) is 0.217. The zero-order valence-electron chi connectivity index (χ0n) is 15.7. The smallest absolute Gasteiger partial charge is 0.314 e. The molecule has 4 rings (SSSR count). The molecule has 3 aromatic rings. The Labute approximate surface area is 164 Å². The van der Waals surface area contributed by atoms with Crippen molar-refractivity contribution in [1.82, 2.24) is 0 Å². The summed E-state index contributed by atoms with van der Waals surface area (Å²) in [7, 11) is 0. The number of nitrogens with one attached hydrogen (secondary N) is 2. The fourth-order valence-electron chi connectivity index (χ4n) is 3.55. The normalized spacial score (nSPS) is 13.9. The van der Waals surface area contributed by atoms with E-state index in [-0.39, 0.29) is 0 Å². The lowest BCUT2D eigenvalue weighted by Gasteiger charge is -2.28. The van der Waals surface area contributed by atoms with Crippen LogP contribution in [0, 0.1) is 0 Å². The van der Waals surface area contributed by atoms with Gasteiger partial charge in [-0.05, 0) is 66.4 Å². The molecule has 1 aliphatic rings.